The predicted molar refractivity (Wildman–Crippen MR) is 70.7 cm³/mol. The third kappa shape index (κ3) is 3.91. The number of pyridine rings is 1. The number of anilines is 1. The van der Waals surface area contributed by atoms with Crippen LogP contribution in [-0.2, 0) is 0 Å². The molecular formula is C9H11Cl3N2S. The number of hydrogen-bond donors (Lipinski definition) is 1. The van der Waals surface area contributed by atoms with Crippen LogP contribution in [0.1, 0.15) is 6.92 Å². The summed E-state index contributed by atoms with van der Waals surface area (Å²) in [6.07, 6.45) is 2.05. The summed E-state index contributed by atoms with van der Waals surface area (Å²) in [6.45, 7) is 2.90. The SMILES string of the molecule is CSC(C)CNc1nc(Cl)c(Cl)cc1Cl. The minimum atomic E-state index is 0.264. The van der Waals surface area contributed by atoms with E-state index in [0.29, 0.717) is 21.1 Å². The zero-order valence-corrected chi connectivity index (χ0v) is 11.4. The van der Waals surface area contributed by atoms with Gasteiger partial charge in [0.1, 0.15) is 11.0 Å². The van der Waals surface area contributed by atoms with E-state index in [-0.39, 0.29) is 5.15 Å². The van der Waals surface area contributed by atoms with Crippen LogP contribution in [0.25, 0.3) is 0 Å². The Balaban J connectivity index is 2.73. The van der Waals surface area contributed by atoms with Gasteiger partial charge >= 0.3 is 0 Å². The standard InChI is InChI=1S/C9H11Cl3N2S/c1-5(15-2)4-13-9-7(11)3-6(10)8(12)14-9/h3,5H,4H2,1-2H3,(H,13,14). The number of nitrogens with one attached hydrogen (secondary N) is 1. The van der Waals surface area contributed by atoms with E-state index in [0.717, 1.165) is 6.54 Å². The molecule has 1 aromatic heterocycles. The van der Waals surface area contributed by atoms with Crippen LogP contribution in [-0.4, -0.2) is 23.0 Å². The number of thioether (sulfide) groups is 1. The molecule has 0 saturated carbocycles. The number of aromatic nitrogens is 1. The van der Waals surface area contributed by atoms with Crippen LogP contribution < -0.4 is 5.32 Å². The van der Waals surface area contributed by atoms with Gasteiger partial charge in [0, 0.05) is 11.8 Å². The summed E-state index contributed by atoms with van der Waals surface area (Å²) >= 11 is 19.3. The summed E-state index contributed by atoms with van der Waals surface area (Å²) in [7, 11) is 0. The molecule has 0 aliphatic carbocycles. The Morgan fingerprint density at radius 1 is 1.40 bits per heavy atom. The molecule has 1 rings (SSSR count). The smallest absolute Gasteiger partial charge is 0.150 e. The first-order valence-corrected chi connectivity index (χ1v) is 6.75. The fourth-order valence-electron chi connectivity index (χ4n) is 0.892. The molecule has 1 N–H and O–H groups in total. The van der Waals surface area contributed by atoms with Crippen molar-refractivity contribution >= 4 is 52.4 Å². The maximum atomic E-state index is 5.95. The molecule has 84 valence electrons. The van der Waals surface area contributed by atoms with Crippen molar-refractivity contribution in [3.8, 4) is 0 Å². The second kappa shape index (κ2) is 6.04. The van der Waals surface area contributed by atoms with Crippen molar-refractivity contribution in [2.75, 3.05) is 18.1 Å². The summed E-state index contributed by atoms with van der Waals surface area (Å²) < 4.78 is 0. The van der Waals surface area contributed by atoms with Crippen LogP contribution in [0.3, 0.4) is 0 Å². The third-order valence-electron chi connectivity index (χ3n) is 1.85. The highest BCUT2D eigenvalue weighted by atomic mass is 35.5. The Morgan fingerprint density at radius 2 is 2.07 bits per heavy atom. The molecule has 0 spiro atoms. The molecule has 0 aliphatic rings. The minimum absolute atomic E-state index is 0.264. The van der Waals surface area contributed by atoms with Gasteiger partial charge in [-0.2, -0.15) is 11.8 Å². The molecule has 1 aromatic rings. The Hall–Kier alpha value is 0.170. The van der Waals surface area contributed by atoms with E-state index in [2.05, 4.69) is 23.5 Å². The third-order valence-corrected chi connectivity index (χ3v) is 3.78. The molecule has 1 atom stereocenters. The molecule has 0 amide bonds. The van der Waals surface area contributed by atoms with Crippen LogP contribution in [0.4, 0.5) is 5.82 Å². The normalized spacial score (nSPS) is 12.6. The van der Waals surface area contributed by atoms with Gasteiger partial charge in [-0.05, 0) is 12.3 Å². The number of hydrogen-bond acceptors (Lipinski definition) is 3. The molecule has 1 unspecified atom stereocenters. The molecule has 0 aliphatic heterocycles. The topological polar surface area (TPSA) is 24.9 Å². The highest BCUT2D eigenvalue weighted by Gasteiger charge is 2.08. The van der Waals surface area contributed by atoms with Crippen molar-refractivity contribution in [2.45, 2.75) is 12.2 Å². The Bertz CT molecular complexity index is 346. The first kappa shape index (κ1) is 13.2. The quantitative estimate of drug-likeness (QED) is 0.839. The number of nitrogens with zero attached hydrogens (tertiary/aromatic N) is 1. The van der Waals surface area contributed by atoms with Crippen molar-refractivity contribution < 1.29 is 0 Å². The lowest BCUT2D eigenvalue weighted by molar-refractivity contribution is 0.992. The average Bonchev–Trinajstić information content (AvgIpc) is 2.21. The Labute approximate surface area is 109 Å². The summed E-state index contributed by atoms with van der Waals surface area (Å²) in [5.41, 5.74) is 0. The van der Waals surface area contributed by atoms with Crippen molar-refractivity contribution in [3.63, 3.8) is 0 Å². The van der Waals surface area contributed by atoms with E-state index in [1.165, 1.54) is 0 Å². The van der Waals surface area contributed by atoms with Gasteiger partial charge in [0.05, 0.1) is 10.0 Å². The highest BCUT2D eigenvalue weighted by Crippen LogP contribution is 2.28. The molecule has 1 heterocycles. The molecule has 6 heteroatoms. The molecule has 0 saturated heterocycles. The second-order valence-corrected chi connectivity index (χ2v) is 5.47. The van der Waals surface area contributed by atoms with Crippen molar-refractivity contribution in [1.29, 1.82) is 0 Å². The first-order valence-electron chi connectivity index (χ1n) is 4.32. The molecule has 0 aromatic carbocycles. The molecule has 0 bridgehead atoms. The summed E-state index contributed by atoms with van der Waals surface area (Å²) in [4.78, 5) is 4.06. The molecule has 0 radical (unpaired) electrons. The van der Waals surface area contributed by atoms with E-state index in [9.17, 15) is 0 Å². The van der Waals surface area contributed by atoms with Gasteiger partial charge in [-0.1, -0.05) is 41.7 Å². The summed E-state index contributed by atoms with van der Waals surface area (Å²) in [5.74, 6) is 0.576. The largest absolute Gasteiger partial charge is 0.368 e. The van der Waals surface area contributed by atoms with Crippen LogP contribution in [0.15, 0.2) is 6.07 Å². The Kier molecular flexibility index (Phi) is 5.33. The number of halogens is 3. The van der Waals surface area contributed by atoms with Gasteiger partial charge in [0.2, 0.25) is 0 Å². The maximum Gasteiger partial charge on any atom is 0.150 e. The molecular weight excluding hydrogens is 275 g/mol. The van der Waals surface area contributed by atoms with Crippen molar-refractivity contribution in [3.05, 3.63) is 21.3 Å². The zero-order chi connectivity index (χ0) is 11.4. The van der Waals surface area contributed by atoms with E-state index >= 15 is 0 Å². The van der Waals surface area contributed by atoms with Crippen LogP contribution in [0.5, 0.6) is 0 Å². The summed E-state index contributed by atoms with van der Waals surface area (Å²) in [6, 6.07) is 1.59. The van der Waals surface area contributed by atoms with Crippen molar-refractivity contribution in [2.24, 2.45) is 0 Å². The van der Waals surface area contributed by atoms with Gasteiger partial charge in [-0.25, -0.2) is 4.98 Å². The fraction of sp³-hybridized carbons (Fsp3) is 0.444. The van der Waals surface area contributed by atoms with E-state index < -0.39 is 0 Å². The fourth-order valence-corrected chi connectivity index (χ4v) is 1.71. The highest BCUT2D eigenvalue weighted by molar-refractivity contribution is 7.99. The van der Waals surface area contributed by atoms with Gasteiger partial charge in [0.25, 0.3) is 0 Å². The molecule has 0 fully saturated rings. The number of rotatable bonds is 4. The van der Waals surface area contributed by atoms with Crippen LogP contribution in [0.2, 0.25) is 15.2 Å². The zero-order valence-electron chi connectivity index (χ0n) is 8.35. The predicted octanol–water partition coefficient (Wildman–Crippen LogP) is 4.21. The molecule has 2 nitrogen and oxygen atoms in total. The van der Waals surface area contributed by atoms with E-state index in [1.54, 1.807) is 17.8 Å². The van der Waals surface area contributed by atoms with Gasteiger partial charge in [-0.15, -0.1) is 0 Å². The monoisotopic (exact) mass is 284 g/mol. The minimum Gasteiger partial charge on any atom is -0.368 e. The first-order chi connectivity index (χ1) is 7.04. The summed E-state index contributed by atoms with van der Waals surface area (Å²) in [5, 5.41) is 4.72. The van der Waals surface area contributed by atoms with Gasteiger partial charge < -0.3 is 5.32 Å². The van der Waals surface area contributed by atoms with Crippen LogP contribution >= 0.6 is 46.6 Å². The molecule has 15 heavy (non-hydrogen) atoms. The van der Waals surface area contributed by atoms with Gasteiger partial charge in [-0.3, -0.25) is 0 Å². The van der Waals surface area contributed by atoms with E-state index in [4.69, 9.17) is 34.8 Å². The lowest BCUT2D eigenvalue weighted by Crippen LogP contribution is -2.13. The van der Waals surface area contributed by atoms with Gasteiger partial charge in [0.15, 0.2) is 0 Å². The lowest BCUT2D eigenvalue weighted by Gasteiger charge is -2.12. The second-order valence-electron chi connectivity index (χ2n) is 3.02. The van der Waals surface area contributed by atoms with E-state index in [1.807, 2.05) is 0 Å². The lowest BCUT2D eigenvalue weighted by atomic mass is 10.4. The van der Waals surface area contributed by atoms with Crippen LogP contribution in [0, 0.1) is 0 Å². The van der Waals surface area contributed by atoms with Crippen molar-refractivity contribution in [1.82, 2.24) is 4.98 Å². The Morgan fingerprint density at radius 3 is 2.67 bits per heavy atom. The maximum absolute atomic E-state index is 5.95. The average molecular weight is 286 g/mol.